The van der Waals surface area contributed by atoms with Gasteiger partial charge in [-0.2, -0.15) is 0 Å². The summed E-state index contributed by atoms with van der Waals surface area (Å²) in [4.78, 5) is 22.5. The molecule has 6 nitrogen and oxygen atoms in total. The number of aromatic hydroxyl groups is 1. The van der Waals surface area contributed by atoms with Gasteiger partial charge in [-0.25, -0.2) is 0 Å². The van der Waals surface area contributed by atoms with Gasteiger partial charge < -0.3 is 19.3 Å². The standard InChI is InChI=1S/C20H20O6/c1-12(21)24-11-19-17(25-13(2)22)9-10-18(26-19)20-15-6-4-3-5-14(15)7-8-16(20)23/h3-10,17-19,23H,11H2,1-2H3/t17-,18-,19+/m0/s1. The van der Waals surface area contributed by atoms with Crippen LogP contribution in [0.5, 0.6) is 5.75 Å². The lowest BCUT2D eigenvalue weighted by atomic mass is 9.96. The fourth-order valence-electron chi connectivity index (χ4n) is 3.03. The highest BCUT2D eigenvalue weighted by Crippen LogP contribution is 2.38. The zero-order chi connectivity index (χ0) is 18.7. The summed E-state index contributed by atoms with van der Waals surface area (Å²) in [5, 5.41) is 12.2. The Morgan fingerprint density at radius 1 is 1.08 bits per heavy atom. The van der Waals surface area contributed by atoms with Crippen molar-refractivity contribution < 1.29 is 28.9 Å². The molecule has 1 N–H and O–H groups in total. The highest BCUT2D eigenvalue weighted by Gasteiger charge is 2.32. The summed E-state index contributed by atoms with van der Waals surface area (Å²) in [7, 11) is 0. The molecule has 0 saturated heterocycles. The fraction of sp³-hybridized carbons (Fsp3) is 0.300. The Bertz CT molecular complexity index is 857. The number of hydrogen-bond donors (Lipinski definition) is 1. The third-order valence-electron chi connectivity index (χ3n) is 4.15. The van der Waals surface area contributed by atoms with Crippen molar-refractivity contribution in [3.8, 4) is 5.75 Å². The number of benzene rings is 2. The number of phenols is 1. The van der Waals surface area contributed by atoms with Crippen molar-refractivity contribution in [2.75, 3.05) is 6.61 Å². The van der Waals surface area contributed by atoms with Crippen LogP contribution >= 0.6 is 0 Å². The molecule has 1 aliphatic heterocycles. The second-order valence-corrected chi connectivity index (χ2v) is 6.08. The Morgan fingerprint density at radius 2 is 1.85 bits per heavy atom. The van der Waals surface area contributed by atoms with E-state index in [0.29, 0.717) is 5.56 Å². The van der Waals surface area contributed by atoms with E-state index in [1.807, 2.05) is 30.3 Å². The molecule has 0 aromatic heterocycles. The van der Waals surface area contributed by atoms with E-state index in [2.05, 4.69) is 0 Å². The molecule has 1 aliphatic rings. The maximum absolute atomic E-state index is 11.3. The van der Waals surface area contributed by atoms with Crippen LogP contribution in [0.25, 0.3) is 10.8 Å². The second-order valence-electron chi connectivity index (χ2n) is 6.08. The first-order valence-electron chi connectivity index (χ1n) is 8.30. The molecule has 0 spiro atoms. The average Bonchev–Trinajstić information content (AvgIpc) is 2.60. The molecule has 0 bridgehead atoms. The summed E-state index contributed by atoms with van der Waals surface area (Å²) in [5.41, 5.74) is 0.619. The predicted molar refractivity (Wildman–Crippen MR) is 94.6 cm³/mol. The van der Waals surface area contributed by atoms with Crippen LogP contribution in [0.15, 0.2) is 48.6 Å². The summed E-state index contributed by atoms with van der Waals surface area (Å²) in [6, 6.07) is 11.1. The lowest BCUT2D eigenvalue weighted by Crippen LogP contribution is -2.39. The van der Waals surface area contributed by atoms with Gasteiger partial charge in [0, 0.05) is 19.4 Å². The average molecular weight is 356 g/mol. The van der Waals surface area contributed by atoms with E-state index in [1.54, 1.807) is 18.2 Å². The zero-order valence-corrected chi connectivity index (χ0v) is 14.5. The maximum Gasteiger partial charge on any atom is 0.303 e. The van der Waals surface area contributed by atoms with Gasteiger partial charge in [0.25, 0.3) is 0 Å². The Labute approximate surface area is 151 Å². The minimum atomic E-state index is -0.670. The van der Waals surface area contributed by atoms with Crippen LogP contribution < -0.4 is 0 Å². The fourth-order valence-corrected chi connectivity index (χ4v) is 3.03. The van der Waals surface area contributed by atoms with Crippen molar-refractivity contribution in [2.24, 2.45) is 0 Å². The number of rotatable bonds is 4. The highest BCUT2D eigenvalue weighted by atomic mass is 16.6. The number of hydrogen-bond acceptors (Lipinski definition) is 6. The summed E-state index contributed by atoms with van der Waals surface area (Å²) < 4.78 is 16.3. The molecule has 0 saturated carbocycles. The summed E-state index contributed by atoms with van der Waals surface area (Å²) in [6.07, 6.45) is 1.54. The van der Waals surface area contributed by atoms with E-state index >= 15 is 0 Å². The van der Waals surface area contributed by atoms with Crippen molar-refractivity contribution in [3.05, 3.63) is 54.1 Å². The van der Waals surface area contributed by atoms with Crippen molar-refractivity contribution in [1.82, 2.24) is 0 Å². The number of fused-ring (bicyclic) bond motifs is 1. The van der Waals surface area contributed by atoms with Crippen molar-refractivity contribution in [3.63, 3.8) is 0 Å². The van der Waals surface area contributed by atoms with Crippen molar-refractivity contribution in [1.29, 1.82) is 0 Å². The third-order valence-corrected chi connectivity index (χ3v) is 4.15. The lowest BCUT2D eigenvalue weighted by molar-refractivity contribution is -0.163. The SMILES string of the molecule is CC(=O)OC[C@H]1O[C@H](c2c(O)ccc3ccccc23)C=C[C@@H]1OC(C)=O. The van der Waals surface area contributed by atoms with Gasteiger partial charge in [-0.15, -0.1) is 0 Å². The first-order chi connectivity index (χ1) is 12.5. The Balaban J connectivity index is 1.95. The van der Waals surface area contributed by atoms with Crippen LogP contribution in [-0.4, -0.2) is 35.9 Å². The van der Waals surface area contributed by atoms with Crippen LogP contribution in [0.1, 0.15) is 25.5 Å². The molecule has 136 valence electrons. The third kappa shape index (κ3) is 3.86. The van der Waals surface area contributed by atoms with Crippen molar-refractivity contribution >= 4 is 22.7 Å². The van der Waals surface area contributed by atoms with Gasteiger partial charge in [-0.3, -0.25) is 9.59 Å². The van der Waals surface area contributed by atoms with E-state index in [9.17, 15) is 14.7 Å². The highest BCUT2D eigenvalue weighted by molar-refractivity contribution is 5.88. The zero-order valence-electron chi connectivity index (χ0n) is 14.5. The summed E-state index contributed by atoms with van der Waals surface area (Å²) >= 11 is 0. The molecular formula is C20H20O6. The molecule has 0 unspecified atom stereocenters. The van der Waals surface area contributed by atoms with E-state index in [0.717, 1.165) is 10.8 Å². The smallest absolute Gasteiger partial charge is 0.303 e. The number of carbonyl (C=O) groups excluding carboxylic acids is 2. The number of phenolic OH excluding ortho intramolecular Hbond substituents is 1. The molecule has 0 fully saturated rings. The minimum absolute atomic E-state index is 0.0559. The quantitative estimate of drug-likeness (QED) is 0.670. The van der Waals surface area contributed by atoms with E-state index in [1.165, 1.54) is 13.8 Å². The summed E-state index contributed by atoms with van der Waals surface area (Å²) in [6.45, 7) is 2.55. The molecule has 2 aromatic rings. The molecule has 0 amide bonds. The van der Waals surface area contributed by atoms with E-state index in [-0.39, 0.29) is 12.4 Å². The van der Waals surface area contributed by atoms with Gasteiger partial charge in [0.15, 0.2) is 0 Å². The first kappa shape index (κ1) is 17.9. The maximum atomic E-state index is 11.3. The molecule has 0 aliphatic carbocycles. The normalized spacial score (nSPS) is 22.2. The monoisotopic (exact) mass is 356 g/mol. The Hall–Kier alpha value is -2.86. The van der Waals surface area contributed by atoms with Gasteiger partial charge in [0.05, 0.1) is 0 Å². The van der Waals surface area contributed by atoms with Crippen LogP contribution in [0.2, 0.25) is 0 Å². The summed E-state index contributed by atoms with van der Waals surface area (Å²) in [5.74, 6) is -0.799. The number of ether oxygens (including phenoxy) is 3. The molecule has 26 heavy (non-hydrogen) atoms. The van der Waals surface area contributed by atoms with Gasteiger partial charge in [0.1, 0.15) is 30.7 Å². The van der Waals surface area contributed by atoms with Crippen LogP contribution in [0.4, 0.5) is 0 Å². The lowest BCUT2D eigenvalue weighted by Gasteiger charge is -2.32. The van der Waals surface area contributed by atoms with Crippen LogP contribution in [0, 0.1) is 0 Å². The molecule has 6 heteroatoms. The second kappa shape index (κ2) is 7.58. The molecule has 2 aromatic carbocycles. The molecular weight excluding hydrogens is 336 g/mol. The predicted octanol–water partition coefficient (Wildman–Crippen LogP) is 3.04. The van der Waals surface area contributed by atoms with Gasteiger partial charge in [-0.1, -0.05) is 36.4 Å². The number of carbonyl (C=O) groups is 2. The number of esters is 2. The van der Waals surface area contributed by atoms with Crippen molar-refractivity contribution in [2.45, 2.75) is 32.2 Å². The first-order valence-corrected chi connectivity index (χ1v) is 8.30. The topological polar surface area (TPSA) is 82.1 Å². The Morgan fingerprint density at radius 3 is 2.58 bits per heavy atom. The molecule has 3 rings (SSSR count). The minimum Gasteiger partial charge on any atom is -0.508 e. The van der Waals surface area contributed by atoms with Gasteiger partial charge >= 0.3 is 11.9 Å². The van der Waals surface area contributed by atoms with Gasteiger partial charge in [-0.05, 0) is 22.9 Å². The van der Waals surface area contributed by atoms with Gasteiger partial charge in [0.2, 0.25) is 0 Å². The molecule has 3 atom stereocenters. The molecule has 1 heterocycles. The van der Waals surface area contributed by atoms with E-state index in [4.69, 9.17) is 14.2 Å². The van der Waals surface area contributed by atoms with Crippen LogP contribution in [0.3, 0.4) is 0 Å². The van der Waals surface area contributed by atoms with Crippen LogP contribution in [-0.2, 0) is 23.8 Å². The largest absolute Gasteiger partial charge is 0.508 e. The van der Waals surface area contributed by atoms with E-state index < -0.39 is 30.3 Å². The molecule has 0 radical (unpaired) electrons. The Kier molecular flexibility index (Phi) is 5.23.